The van der Waals surface area contributed by atoms with Crippen molar-refractivity contribution in [2.24, 2.45) is 5.92 Å². The lowest BCUT2D eigenvalue weighted by molar-refractivity contribution is -0.135. The normalized spacial score (nSPS) is 18.7. The van der Waals surface area contributed by atoms with Gasteiger partial charge in [-0.2, -0.15) is 0 Å². The van der Waals surface area contributed by atoms with Crippen molar-refractivity contribution in [1.29, 1.82) is 0 Å². The molecule has 6 heteroatoms. The van der Waals surface area contributed by atoms with Gasteiger partial charge in [-0.15, -0.1) is 0 Å². The van der Waals surface area contributed by atoms with Crippen molar-refractivity contribution in [2.45, 2.75) is 32.9 Å². The van der Waals surface area contributed by atoms with Crippen LogP contribution >= 0.6 is 0 Å². The van der Waals surface area contributed by atoms with Crippen molar-refractivity contribution in [3.05, 3.63) is 35.4 Å². The number of carbonyl (C=O) groups excluding carboxylic acids is 2. The molecule has 0 aromatic heterocycles. The van der Waals surface area contributed by atoms with Crippen molar-refractivity contribution in [1.82, 2.24) is 15.1 Å². The first-order valence-corrected chi connectivity index (χ1v) is 9.05. The molecule has 0 unspecified atom stereocenters. The van der Waals surface area contributed by atoms with E-state index >= 15 is 0 Å². The molecule has 0 radical (unpaired) electrons. The first-order chi connectivity index (χ1) is 12.1. The first kappa shape index (κ1) is 17.7. The fourth-order valence-electron chi connectivity index (χ4n) is 3.38. The van der Waals surface area contributed by atoms with Crippen molar-refractivity contribution in [2.75, 3.05) is 32.8 Å². The van der Waals surface area contributed by atoms with Crippen molar-refractivity contribution >= 4 is 11.9 Å². The van der Waals surface area contributed by atoms with E-state index in [4.69, 9.17) is 4.74 Å². The molecule has 1 fully saturated rings. The van der Waals surface area contributed by atoms with Gasteiger partial charge in [0, 0.05) is 26.2 Å². The van der Waals surface area contributed by atoms with Gasteiger partial charge in [0.15, 0.2) is 0 Å². The van der Waals surface area contributed by atoms with Crippen LogP contribution in [0.1, 0.15) is 25.0 Å². The fraction of sp³-hybridized carbons (Fsp3) is 0.579. The van der Waals surface area contributed by atoms with Crippen molar-refractivity contribution in [3.63, 3.8) is 0 Å². The van der Waals surface area contributed by atoms with Crippen molar-refractivity contribution in [3.8, 4) is 0 Å². The van der Waals surface area contributed by atoms with Crippen LogP contribution in [0.2, 0.25) is 0 Å². The molecule has 3 rings (SSSR count). The Morgan fingerprint density at radius 2 is 1.72 bits per heavy atom. The Balaban J connectivity index is 1.66. The van der Waals surface area contributed by atoms with Gasteiger partial charge in [0.2, 0.25) is 5.91 Å². The topological polar surface area (TPSA) is 61.9 Å². The van der Waals surface area contributed by atoms with Gasteiger partial charge in [0.1, 0.15) is 6.04 Å². The van der Waals surface area contributed by atoms with Gasteiger partial charge in [-0.3, -0.25) is 4.79 Å². The number of hydrogen-bond donors (Lipinski definition) is 1. The average Bonchev–Trinajstić information content (AvgIpc) is 2.65. The quantitative estimate of drug-likeness (QED) is 0.906. The summed E-state index contributed by atoms with van der Waals surface area (Å²) in [7, 11) is 0. The van der Waals surface area contributed by atoms with E-state index in [0.717, 1.165) is 6.42 Å². The first-order valence-electron chi connectivity index (χ1n) is 9.05. The summed E-state index contributed by atoms with van der Waals surface area (Å²) in [6.45, 7) is 7.51. The highest BCUT2D eigenvalue weighted by Gasteiger charge is 2.32. The molecular formula is C19H27N3O3. The van der Waals surface area contributed by atoms with E-state index < -0.39 is 6.04 Å². The Hall–Kier alpha value is -2.08. The molecule has 0 bridgehead atoms. The van der Waals surface area contributed by atoms with Crippen LogP contribution in [-0.2, 0) is 22.5 Å². The lowest BCUT2D eigenvalue weighted by Crippen LogP contribution is -2.56. The molecule has 136 valence electrons. The zero-order valence-electron chi connectivity index (χ0n) is 15.0. The predicted octanol–water partition coefficient (Wildman–Crippen LogP) is 1.64. The van der Waals surface area contributed by atoms with E-state index in [0.29, 0.717) is 39.4 Å². The second-order valence-electron chi connectivity index (χ2n) is 7.05. The Bertz CT molecular complexity index is 626. The van der Waals surface area contributed by atoms with Crippen LogP contribution in [0.25, 0.3) is 0 Å². The molecule has 1 aromatic rings. The summed E-state index contributed by atoms with van der Waals surface area (Å²) < 4.78 is 5.28. The van der Waals surface area contributed by atoms with Crippen LogP contribution in [0.15, 0.2) is 24.3 Å². The summed E-state index contributed by atoms with van der Waals surface area (Å²) in [5, 5.41) is 2.95. The number of nitrogens with zero attached hydrogens (tertiary/aromatic N) is 2. The van der Waals surface area contributed by atoms with E-state index in [1.165, 1.54) is 11.1 Å². The second kappa shape index (κ2) is 7.87. The number of nitrogens with one attached hydrogen (secondary N) is 1. The Labute approximate surface area is 149 Å². The number of ether oxygens (including phenoxy) is 1. The summed E-state index contributed by atoms with van der Waals surface area (Å²) in [6.07, 6.45) is 0.865. The number of carbonyl (C=O) groups is 2. The largest absolute Gasteiger partial charge is 0.378 e. The molecule has 0 aliphatic carbocycles. The molecule has 2 aliphatic rings. The Morgan fingerprint density at radius 3 is 2.40 bits per heavy atom. The minimum absolute atomic E-state index is 0.00566. The number of fused-ring (bicyclic) bond motifs is 1. The van der Waals surface area contributed by atoms with Crippen LogP contribution < -0.4 is 5.32 Å². The van der Waals surface area contributed by atoms with E-state index in [1.807, 2.05) is 30.9 Å². The molecular weight excluding hydrogens is 318 g/mol. The Kier molecular flexibility index (Phi) is 5.58. The standard InChI is InChI=1S/C19H27N3O3/c1-14(2)17(20-19(24)21-9-11-25-12-10-21)18(23)22-8-7-15-5-3-4-6-16(15)13-22/h3-6,14,17H,7-13H2,1-2H3,(H,20,24)/t17-/m1/s1. The zero-order valence-corrected chi connectivity index (χ0v) is 15.0. The van der Waals surface area contributed by atoms with Gasteiger partial charge in [0.05, 0.1) is 13.2 Å². The van der Waals surface area contributed by atoms with Gasteiger partial charge in [0.25, 0.3) is 0 Å². The monoisotopic (exact) mass is 345 g/mol. The molecule has 1 saturated heterocycles. The van der Waals surface area contributed by atoms with Gasteiger partial charge in [-0.05, 0) is 23.5 Å². The molecule has 25 heavy (non-hydrogen) atoms. The number of hydrogen-bond acceptors (Lipinski definition) is 3. The third-order valence-corrected chi connectivity index (χ3v) is 4.95. The number of rotatable bonds is 3. The third kappa shape index (κ3) is 4.12. The summed E-state index contributed by atoms with van der Waals surface area (Å²) in [6, 6.07) is 7.57. The van der Waals surface area contributed by atoms with E-state index in [-0.39, 0.29) is 17.9 Å². The molecule has 2 heterocycles. The summed E-state index contributed by atoms with van der Waals surface area (Å²) in [5.41, 5.74) is 2.51. The number of urea groups is 1. The summed E-state index contributed by atoms with van der Waals surface area (Å²) in [5.74, 6) is 0.0424. The van der Waals surface area contributed by atoms with Gasteiger partial charge < -0.3 is 19.9 Å². The maximum Gasteiger partial charge on any atom is 0.318 e. The van der Waals surface area contributed by atoms with Gasteiger partial charge in [-0.25, -0.2) is 4.79 Å². The van der Waals surface area contributed by atoms with Gasteiger partial charge in [-0.1, -0.05) is 38.1 Å². The maximum atomic E-state index is 13.0. The average molecular weight is 345 g/mol. The highest BCUT2D eigenvalue weighted by Crippen LogP contribution is 2.20. The maximum absolute atomic E-state index is 13.0. The fourth-order valence-corrected chi connectivity index (χ4v) is 3.38. The minimum atomic E-state index is -0.499. The van der Waals surface area contributed by atoms with Crippen LogP contribution in [0.5, 0.6) is 0 Å². The van der Waals surface area contributed by atoms with Crippen LogP contribution in [0.4, 0.5) is 4.79 Å². The summed E-state index contributed by atoms with van der Waals surface area (Å²) in [4.78, 5) is 29.1. The smallest absolute Gasteiger partial charge is 0.318 e. The molecule has 3 amide bonds. The van der Waals surface area contributed by atoms with Crippen LogP contribution in [0, 0.1) is 5.92 Å². The highest BCUT2D eigenvalue weighted by atomic mass is 16.5. The molecule has 0 saturated carbocycles. The van der Waals surface area contributed by atoms with Crippen molar-refractivity contribution < 1.29 is 14.3 Å². The highest BCUT2D eigenvalue weighted by molar-refractivity contribution is 5.87. The lowest BCUT2D eigenvalue weighted by Gasteiger charge is -2.35. The molecule has 2 aliphatic heterocycles. The van der Waals surface area contributed by atoms with E-state index in [1.54, 1.807) is 4.90 Å². The minimum Gasteiger partial charge on any atom is -0.378 e. The van der Waals surface area contributed by atoms with E-state index in [9.17, 15) is 9.59 Å². The van der Waals surface area contributed by atoms with Crippen LogP contribution in [-0.4, -0.2) is 60.6 Å². The van der Waals surface area contributed by atoms with Gasteiger partial charge >= 0.3 is 6.03 Å². The zero-order chi connectivity index (χ0) is 17.8. The molecule has 1 atom stereocenters. The summed E-state index contributed by atoms with van der Waals surface area (Å²) >= 11 is 0. The number of benzene rings is 1. The number of morpholine rings is 1. The second-order valence-corrected chi connectivity index (χ2v) is 7.05. The third-order valence-electron chi connectivity index (χ3n) is 4.95. The molecule has 6 nitrogen and oxygen atoms in total. The predicted molar refractivity (Wildman–Crippen MR) is 95.1 cm³/mol. The lowest BCUT2D eigenvalue weighted by atomic mass is 9.97. The SMILES string of the molecule is CC(C)[C@@H](NC(=O)N1CCOCC1)C(=O)N1CCc2ccccc2C1. The Morgan fingerprint density at radius 1 is 1.04 bits per heavy atom. The molecule has 1 N–H and O–H groups in total. The van der Waals surface area contributed by atoms with E-state index in [2.05, 4.69) is 17.4 Å². The molecule has 1 aromatic carbocycles. The number of amides is 3. The molecule has 0 spiro atoms. The van der Waals surface area contributed by atoms with Crippen LogP contribution in [0.3, 0.4) is 0 Å².